The quantitative estimate of drug-likeness (QED) is 0.640. The molecule has 0 aliphatic heterocycles. The van der Waals surface area contributed by atoms with Crippen molar-refractivity contribution in [3.05, 3.63) is 64.2 Å². The number of aryl methyl sites for hydroxylation is 2. The van der Waals surface area contributed by atoms with Gasteiger partial charge >= 0.3 is 0 Å². The molecule has 0 aliphatic carbocycles. The van der Waals surface area contributed by atoms with Crippen molar-refractivity contribution in [2.75, 3.05) is 18.0 Å². The van der Waals surface area contributed by atoms with Gasteiger partial charge in [-0.25, -0.2) is 14.6 Å². The van der Waals surface area contributed by atoms with Crippen LogP contribution in [0.25, 0.3) is 5.82 Å². The summed E-state index contributed by atoms with van der Waals surface area (Å²) in [6, 6.07) is 9.28. The molecule has 3 heterocycles. The van der Waals surface area contributed by atoms with Crippen LogP contribution in [0.3, 0.4) is 0 Å². The Hall–Kier alpha value is -2.93. The summed E-state index contributed by atoms with van der Waals surface area (Å²) in [7, 11) is 0. The maximum Gasteiger partial charge on any atom is 0.271 e. The van der Waals surface area contributed by atoms with Gasteiger partial charge in [0.15, 0.2) is 5.82 Å². The predicted molar refractivity (Wildman–Crippen MR) is 115 cm³/mol. The fraction of sp³-hybridized carbons (Fsp3) is 0.333. The number of pyridine rings is 2. The monoisotopic (exact) mass is 412 g/mol. The number of carbonyl (C=O) groups is 1. The number of hydrogen-bond acceptors (Lipinski definition) is 5. The number of anilines is 1. The Balaban J connectivity index is 1.72. The second-order valence-corrected chi connectivity index (χ2v) is 7.13. The molecule has 3 aromatic rings. The molecule has 0 radical (unpaired) electrons. The zero-order valence-electron chi connectivity index (χ0n) is 17.1. The summed E-state index contributed by atoms with van der Waals surface area (Å²) in [5, 5.41) is 7.56. The summed E-state index contributed by atoms with van der Waals surface area (Å²) in [6.07, 6.45) is 1.77. The van der Waals surface area contributed by atoms with E-state index in [1.807, 2.05) is 32.0 Å². The molecule has 0 spiro atoms. The molecule has 0 aliphatic rings. The number of amides is 1. The Labute approximate surface area is 175 Å². The van der Waals surface area contributed by atoms with Crippen molar-refractivity contribution in [2.24, 2.45) is 0 Å². The molecule has 0 saturated heterocycles. The molecule has 3 rings (SSSR count). The Kier molecular flexibility index (Phi) is 6.49. The summed E-state index contributed by atoms with van der Waals surface area (Å²) >= 11 is 6.22. The van der Waals surface area contributed by atoms with Crippen LogP contribution >= 0.6 is 11.6 Å². The molecule has 0 atom stereocenters. The summed E-state index contributed by atoms with van der Waals surface area (Å²) < 4.78 is 1.69. The second-order valence-electron chi connectivity index (χ2n) is 6.72. The van der Waals surface area contributed by atoms with E-state index in [0.717, 1.165) is 35.9 Å². The molecule has 0 bridgehead atoms. The van der Waals surface area contributed by atoms with Crippen LogP contribution in [-0.4, -0.2) is 38.7 Å². The van der Waals surface area contributed by atoms with E-state index in [9.17, 15) is 4.79 Å². The van der Waals surface area contributed by atoms with E-state index >= 15 is 0 Å². The molecule has 8 heteroatoms. The number of nitrogens with one attached hydrogen (secondary N) is 1. The summed E-state index contributed by atoms with van der Waals surface area (Å²) in [6.45, 7) is 10.2. The number of hydrogen-bond donors (Lipinski definition) is 1. The summed E-state index contributed by atoms with van der Waals surface area (Å²) in [5.41, 5.74) is 2.89. The maximum absolute atomic E-state index is 12.7. The highest BCUT2D eigenvalue weighted by molar-refractivity contribution is 6.33. The number of aromatic nitrogens is 4. The van der Waals surface area contributed by atoms with Crippen molar-refractivity contribution >= 4 is 23.3 Å². The van der Waals surface area contributed by atoms with Crippen LogP contribution < -0.4 is 10.2 Å². The fourth-order valence-electron chi connectivity index (χ4n) is 3.09. The van der Waals surface area contributed by atoms with Crippen LogP contribution in [0.4, 0.5) is 5.82 Å². The van der Waals surface area contributed by atoms with E-state index in [-0.39, 0.29) is 11.6 Å². The second kappa shape index (κ2) is 9.05. The largest absolute Gasteiger partial charge is 0.357 e. The van der Waals surface area contributed by atoms with Crippen LogP contribution in [0.15, 0.2) is 36.5 Å². The van der Waals surface area contributed by atoms with Gasteiger partial charge in [0.2, 0.25) is 0 Å². The minimum absolute atomic E-state index is 0.171. The van der Waals surface area contributed by atoms with E-state index in [0.29, 0.717) is 17.4 Å². The van der Waals surface area contributed by atoms with E-state index in [1.165, 1.54) is 0 Å². The Morgan fingerprint density at radius 1 is 1.17 bits per heavy atom. The Morgan fingerprint density at radius 2 is 1.93 bits per heavy atom. The van der Waals surface area contributed by atoms with E-state index in [4.69, 9.17) is 11.6 Å². The Morgan fingerprint density at radius 3 is 2.52 bits per heavy atom. The molecule has 0 saturated carbocycles. The Bertz CT molecular complexity index is 995. The highest BCUT2D eigenvalue weighted by atomic mass is 35.5. The molecule has 3 aromatic heterocycles. The zero-order chi connectivity index (χ0) is 21.0. The molecule has 152 valence electrons. The van der Waals surface area contributed by atoms with Crippen molar-refractivity contribution in [1.82, 2.24) is 25.1 Å². The first-order valence-corrected chi connectivity index (χ1v) is 9.99. The van der Waals surface area contributed by atoms with E-state index in [1.54, 1.807) is 23.0 Å². The first kappa shape index (κ1) is 20.8. The lowest BCUT2D eigenvalue weighted by Crippen LogP contribution is -2.25. The summed E-state index contributed by atoms with van der Waals surface area (Å²) in [4.78, 5) is 23.7. The van der Waals surface area contributed by atoms with Gasteiger partial charge in [-0.2, -0.15) is 5.10 Å². The number of rotatable bonds is 7. The van der Waals surface area contributed by atoms with Crippen molar-refractivity contribution in [2.45, 2.75) is 34.2 Å². The first-order chi connectivity index (χ1) is 13.9. The molecule has 0 fully saturated rings. The molecular weight excluding hydrogens is 388 g/mol. The molecule has 7 nitrogen and oxygen atoms in total. The van der Waals surface area contributed by atoms with Gasteiger partial charge in [-0.05, 0) is 57.5 Å². The lowest BCUT2D eigenvalue weighted by molar-refractivity contribution is 0.0946. The zero-order valence-corrected chi connectivity index (χ0v) is 17.9. The van der Waals surface area contributed by atoms with Gasteiger partial charge in [-0.15, -0.1) is 0 Å². The first-order valence-electron chi connectivity index (χ1n) is 9.61. The average molecular weight is 413 g/mol. The molecule has 0 unspecified atom stereocenters. The SMILES string of the molecule is CCN(CC)c1ccc(CNC(=O)c2nc(-n3nc(C)cc3C)ccc2Cl)cn1. The van der Waals surface area contributed by atoms with Crippen molar-refractivity contribution < 1.29 is 4.79 Å². The summed E-state index contributed by atoms with van der Waals surface area (Å²) in [5.74, 6) is 1.13. The van der Waals surface area contributed by atoms with Gasteiger partial charge in [0, 0.05) is 31.5 Å². The lowest BCUT2D eigenvalue weighted by Gasteiger charge is -2.19. The fourth-order valence-corrected chi connectivity index (χ4v) is 3.28. The van der Waals surface area contributed by atoms with Crippen LogP contribution in [0.1, 0.15) is 41.3 Å². The topological polar surface area (TPSA) is 75.9 Å². The van der Waals surface area contributed by atoms with Gasteiger partial charge in [0.1, 0.15) is 11.5 Å². The van der Waals surface area contributed by atoms with E-state index in [2.05, 4.69) is 39.1 Å². The molecule has 29 heavy (non-hydrogen) atoms. The van der Waals surface area contributed by atoms with Gasteiger partial charge < -0.3 is 10.2 Å². The van der Waals surface area contributed by atoms with Gasteiger partial charge in [-0.1, -0.05) is 17.7 Å². The molecule has 1 N–H and O–H groups in total. The third kappa shape index (κ3) is 4.74. The average Bonchev–Trinajstić information content (AvgIpc) is 3.06. The van der Waals surface area contributed by atoms with Crippen LogP contribution in [0.2, 0.25) is 5.02 Å². The third-order valence-corrected chi connectivity index (χ3v) is 4.93. The molecule has 0 aromatic carbocycles. The standard InChI is InChI=1S/C21H25ClN6O/c1-5-27(6-2)18-9-7-16(12-23-18)13-24-21(29)20-17(22)8-10-19(25-20)28-15(4)11-14(3)26-28/h7-12H,5-6,13H2,1-4H3,(H,24,29). The highest BCUT2D eigenvalue weighted by Gasteiger charge is 2.15. The van der Waals surface area contributed by atoms with Crippen molar-refractivity contribution in [3.63, 3.8) is 0 Å². The predicted octanol–water partition coefficient (Wildman–Crippen LogP) is 3.71. The highest BCUT2D eigenvalue weighted by Crippen LogP contribution is 2.18. The van der Waals surface area contributed by atoms with Crippen LogP contribution in [0, 0.1) is 13.8 Å². The van der Waals surface area contributed by atoms with Gasteiger partial charge in [-0.3, -0.25) is 4.79 Å². The molecule has 1 amide bonds. The third-order valence-electron chi connectivity index (χ3n) is 4.62. The smallest absolute Gasteiger partial charge is 0.271 e. The normalized spacial score (nSPS) is 10.8. The molecular formula is C21H25ClN6O. The minimum Gasteiger partial charge on any atom is -0.357 e. The minimum atomic E-state index is -0.341. The van der Waals surface area contributed by atoms with Crippen LogP contribution in [0.5, 0.6) is 0 Å². The number of carbonyl (C=O) groups excluding carboxylic acids is 1. The maximum atomic E-state index is 12.7. The van der Waals surface area contributed by atoms with Gasteiger partial charge in [0.05, 0.1) is 10.7 Å². The van der Waals surface area contributed by atoms with Crippen LogP contribution in [-0.2, 0) is 6.54 Å². The number of halogens is 1. The number of nitrogens with zero attached hydrogens (tertiary/aromatic N) is 5. The van der Waals surface area contributed by atoms with Crippen molar-refractivity contribution in [3.8, 4) is 5.82 Å². The van der Waals surface area contributed by atoms with Crippen molar-refractivity contribution in [1.29, 1.82) is 0 Å². The van der Waals surface area contributed by atoms with Gasteiger partial charge in [0.25, 0.3) is 5.91 Å². The lowest BCUT2D eigenvalue weighted by atomic mass is 10.2. The van der Waals surface area contributed by atoms with E-state index < -0.39 is 0 Å².